The zero-order valence-electron chi connectivity index (χ0n) is 17.3. The first-order valence-electron chi connectivity index (χ1n) is 10.2. The monoisotopic (exact) mass is 455 g/mol. The number of anilines is 1. The van der Waals surface area contributed by atoms with E-state index < -0.39 is 10.9 Å². The van der Waals surface area contributed by atoms with Gasteiger partial charge in [-0.05, 0) is 59.8 Å². The fraction of sp³-hybridized carbons (Fsp3) is 0.364. The van der Waals surface area contributed by atoms with Crippen LogP contribution in [0.3, 0.4) is 0 Å². The van der Waals surface area contributed by atoms with Crippen molar-refractivity contribution in [3.05, 3.63) is 62.3 Å². The Balaban J connectivity index is 1.54. The van der Waals surface area contributed by atoms with Crippen molar-refractivity contribution in [2.24, 2.45) is 7.05 Å². The lowest BCUT2D eigenvalue weighted by Gasteiger charge is -2.22. The number of H-pyrrole nitrogens is 1. The maximum Gasteiger partial charge on any atom is 0.441 e. The van der Waals surface area contributed by atoms with E-state index in [0.29, 0.717) is 27.9 Å². The van der Waals surface area contributed by atoms with Crippen molar-refractivity contribution in [1.29, 1.82) is 5.26 Å². The van der Waals surface area contributed by atoms with Gasteiger partial charge in [0.25, 0.3) is 0 Å². The molecule has 0 saturated carbocycles. The Bertz CT molecular complexity index is 1190. The smallest absolute Gasteiger partial charge is 0.316 e. The summed E-state index contributed by atoms with van der Waals surface area (Å²) in [4.78, 5) is 26.0. The topological polar surface area (TPSA) is 103 Å². The predicted molar refractivity (Wildman–Crippen MR) is 119 cm³/mol. The zero-order valence-corrected chi connectivity index (χ0v) is 18.9. The highest BCUT2D eigenvalue weighted by molar-refractivity contribution is 8.00. The van der Waals surface area contributed by atoms with Crippen LogP contribution in [0.15, 0.2) is 44.7 Å². The van der Waals surface area contributed by atoms with Gasteiger partial charge in [0.05, 0.1) is 10.8 Å². The van der Waals surface area contributed by atoms with Gasteiger partial charge in [-0.3, -0.25) is 9.32 Å². The summed E-state index contributed by atoms with van der Waals surface area (Å²) in [6.45, 7) is 1.89. The summed E-state index contributed by atoms with van der Waals surface area (Å²) in [5.74, 6) is 0.206. The number of carbonyl (C=O) groups excluding carboxylic acids is 1. The minimum Gasteiger partial charge on any atom is -0.316 e. The normalized spacial score (nSPS) is 16.4. The van der Waals surface area contributed by atoms with Gasteiger partial charge < -0.3 is 5.32 Å². The number of aryl methyl sites for hydroxylation is 1. The molecule has 4 rings (SSSR count). The molecular weight excluding hydrogens is 432 g/mol. The Morgan fingerprint density at radius 1 is 1.45 bits per heavy atom. The lowest BCUT2D eigenvalue weighted by atomic mass is 9.83. The SMILES string of the molecule is CCC(Sc1c(=O)o[nH][n+]1C)C(=O)Nc1sc2c(c1C#N)CCC(c1ccccc1)C2. The van der Waals surface area contributed by atoms with E-state index in [-0.39, 0.29) is 5.91 Å². The molecule has 0 aliphatic heterocycles. The Morgan fingerprint density at radius 2 is 2.23 bits per heavy atom. The Morgan fingerprint density at radius 3 is 2.87 bits per heavy atom. The highest BCUT2D eigenvalue weighted by Crippen LogP contribution is 2.42. The van der Waals surface area contributed by atoms with E-state index in [2.05, 4.69) is 40.9 Å². The molecule has 0 fully saturated rings. The molecule has 1 aliphatic carbocycles. The zero-order chi connectivity index (χ0) is 22.0. The van der Waals surface area contributed by atoms with Gasteiger partial charge in [0, 0.05) is 4.88 Å². The van der Waals surface area contributed by atoms with E-state index in [1.165, 1.54) is 26.5 Å². The number of rotatable bonds is 6. The van der Waals surface area contributed by atoms with Crippen LogP contribution in [0.25, 0.3) is 0 Å². The second-order valence-electron chi connectivity index (χ2n) is 7.52. The second-order valence-corrected chi connectivity index (χ2v) is 9.82. The van der Waals surface area contributed by atoms with Crippen molar-refractivity contribution in [2.45, 2.75) is 48.8 Å². The summed E-state index contributed by atoms with van der Waals surface area (Å²) in [5.41, 5.74) is 2.45. The molecule has 160 valence electrons. The second kappa shape index (κ2) is 9.12. The average Bonchev–Trinajstić information content (AvgIpc) is 3.30. The molecule has 1 amide bonds. The van der Waals surface area contributed by atoms with Crippen molar-refractivity contribution in [3.8, 4) is 6.07 Å². The van der Waals surface area contributed by atoms with Gasteiger partial charge in [-0.1, -0.05) is 41.9 Å². The number of hydrogen-bond donors (Lipinski definition) is 2. The third kappa shape index (κ3) is 4.31. The number of nitrogens with zero attached hydrogens (tertiary/aromatic N) is 2. The summed E-state index contributed by atoms with van der Waals surface area (Å²) in [7, 11) is 1.65. The largest absolute Gasteiger partial charge is 0.441 e. The first-order chi connectivity index (χ1) is 15.0. The summed E-state index contributed by atoms with van der Waals surface area (Å²) in [6.07, 6.45) is 3.23. The third-order valence-electron chi connectivity index (χ3n) is 5.56. The van der Waals surface area contributed by atoms with Crippen LogP contribution in [-0.4, -0.2) is 16.4 Å². The van der Waals surface area contributed by atoms with Crippen molar-refractivity contribution < 1.29 is 14.0 Å². The van der Waals surface area contributed by atoms with Crippen LogP contribution in [-0.2, 0) is 24.7 Å². The summed E-state index contributed by atoms with van der Waals surface area (Å²) >= 11 is 2.66. The molecule has 3 aromatic rings. The lowest BCUT2D eigenvalue weighted by molar-refractivity contribution is -0.772. The van der Waals surface area contributed by atoms with E-state index in [1.807, 2.05) is 13.0 Å². The van der Waals surface area contributed by atoms with Gasteiger partial charge in [0.15, 0.2) is 7.05 Å². The van der Waals surface area contributed by atoms with Crippen molar-refractivity contribution in [3.63, 3.8) is 0 Å². The molecule has 2 heterocycles. The highest BCUT2D eigenvalue weighted by atomic mass is 32.2. The van der Waals surface area contributed by atoms with E-state index in [1.54, 1.807) is 7.05 Å². The molecule has 2 unspecified atom stereocenters. The minimum absolute atomic E-state index is 0.220. The van der Waals surface area contributed by atoms with Gasteiger partial charge in [0.2, 0.25) is 5.91 Å². The minimum atomic E-state index is -0.505. The van der Waals surface area contributed by atoms with Crippen molar-refractivity contribution in [1.82, 2.24) is 5.27 Å². The summed E-state index contributed by atoms with van der Waals surface area (Å²) < 4.78 is 6.22. The molecule has 0 bridgehead atoms. The highest BCUT2D eigenvalue weighted by Gasteiger charge is 2.30. The molecule has 2 aromatic heterocycles. The van der Waals surface area contributed by atoms with Crippen LogP contribution in [0.5, 0.6) is 0 Å². The number of thiophene rings is 1. The number of hydrogen-bond acceptors (Lipinski definition) is 6. The number of aromatic nitrogens is 2. The van der Waals surface area contributed by atoms with Crippen LogP contribution >= 0.6 is 23.1 Å². The van der Waals surface area contributed by atoms with Gasteiger partial charge in [0.1, 0.15) is 11.1 Å². The predicted octanol–water partition coefficient (Wildman–Crippen LogP) is 3.51. The Kier molecular flexibility index (Phi) is 6.30. The van der Waals surface area contributed by atoms with E-state index in [9.17, 15) is 14.9 Å². The van der Waals surface area contributed by atoms with E-state index in [4.69, 9.17) is 4.52 Å². The maximum atomic E-state index is 13.0. The van der Waals surface area contributed by atoms with Crippen molar-refractivity contribution >= 4 is 34.0 Å². The Hall–Kier alpha value is -2.83. The number of thioether (sulfide) groups is 1. The van der Waals surface area contributed by atoms with Crippen molar-refractivity contribution in [2.75, 3.05) is 5.32 Å². The summed E-state index contributed by atoms with van der Waals surface area (Å²) in [5, 5.41) is 15.7. The van der Waals surface area contributed by atoms with Crippen LogP contribution in [0.4, 0.5) is 5.00 Å². The maximum absolute atomic E-state index is 13.0. The van der Waals surface area contributed by atoms with E-state index >= 15 is 0 Å². The number of nitriles is 1. The number of carbonyl (C=O) groups is 1. The molecule has 0 radical (unpaired) electrons. The van der Waals surface area contributed by atoms with Gasteiger partial charge in [-0.2, -0.15) is 5.26 Å². The molecule has 31 heavy (non-hydrogen) atoms. The van der Waals surface area contributed by atoms with Gasteiger partial charge in [-0.15, -0.1) is 11.3 Å². The molecule has 2 atom stereocenters. The lowest BCUT2D eigenvalue weighted by Crippen LogP contribution is -2.35. The molecule has 2 N–H and O–H groups in total. The Labute approximate surface area is 188 Å². The molecule has 1 aromatic carbocycles. The van der Waals surface area contributed by atoms with Gasteiger partial charge in [-0.25, -0.2) is 4.79 Å². The quantitative estimate of drug-likeness (QED) is 0.437. The number of fused-ring (bicyclic) bond motifs is 1. The van der Waals surface area contributed by atoms with E-state index in [0.717, 1.165) is 36.6 Å². The number of benzene rings is 1. The van der Waals surface area contributed by atoms with Crippen LogP contribution in [0.1, 0.15) is 47.3 Å². The molecule has 9 heteroatoms. The summed E-state index contributed by atoms with van der Waals surface area (Å²) in [6, 6.07) is 12.7. The average molecular weight is 456 g/mol. The first-order valence-corrected chi connectivity index (χ1v) is 11.9. The standard InChI is InChI=1S/C22H22N4O3S2/c1-3-17(31-21-22(28)29-25-26(21)2)19(27)24-20-16(12-23)15-10-9-14(11-18(15)30-20)13-7-5-4-6-8-13/h4-8,14,17H,3,9-11H2,1-2H3,(H-,24,25,27,28)/p+1. The number of nitrogens with one attached hydrogen (secondary N) is 2. The molecular formula is C22H23N4O3S2+. The van der Waals surface area contributed by atoms with Gasteiger partial charge >= 0.3 is 10.7 Å². The van der Waals surface area contributed by atoms with Crippen LogP contribution in [0, 0.1) is 11.3 Å². The number of aromatic amines is 1. The van der Waals surface area contributed by atoms with Crippen LogP contribution < -0.4 is 15.6 Å². The molecule has 0 saturated heterocycles. The third-order valence-corrected chi connectivity index (χ3v) is 8.22. The fourth-order valence-corrected chi connectivity index (χ4v) is 6.13. The van der Waals surface area contributed by atoms with Crippen LogP contribution in [0.2, 0.25) is 0 Å². The first kappa shape index (κ1) is 21.4. The molecule has 7 nitrogen and oxygen atoms in total. The fourth-order valence-electron chi connectivity index (χ4n) is 3.91. The molecule has 1 aliphatic rings. The number of amides is 1. The molecule has 0 spiro atoms.